The van der Waals surface area contributed by atoms with Crippen LogP contribution in [-0.2, 0) is 11.3 Å². The Hall–Kier alpha value is -1.79. The van der Waals surface area contributed by atoms with Crippen molar-refractivity contribution >= 4 is 5.91 Å². The van der Waals surface area contributed by atoms with Crippen molar-refractivity contribution in [2.75, 3.05) is 20.3 Å². The van der Waals surface area contributed by atoms with Crippen LogP contribution in [0.25, 0.3) is 0 Å². The molecule has 0 aromatic heterocycles. The number of amides is 1. The van der Waals surface area contributed by atoms with E-state index < -0.39 is 0 Å². The molecule has 0 heterocycles. The molecule has 0 aliphatic heterocycles. The number of nitrogens with one attached hydrogen (secondary N) is 1. The highest BCUT2D eigenvalue weighted by atomic mass is 16.5. The molecule has 1 atom stereocenters. The van der Waals surface area contributed by atoms with Crippen molar-refractivity contribution < 1.29 is 24.7 Å². The van der Waals surface area contributed by atoms with E-state index in [0.717, 1.165) is 12.1 Å². The number of quaternary nitrogens is 1. The summed E-state index contributed by atoms with van der Waals surface area (Å²) >= 11 is 0. The summed E-state index contributed by atoms with van der Waals surface area (Å²) in [4.78, 5) is 11.8. The summed E-state index contributed by atoms with van der Waals surface area (Å²) in [5.41, 5.74) is 0.780. The molecule has 130 valence electrons. The first-order chi connectivity index (χ1) is 10.7. The van der Waals surface area contributed by atoms with Crippen molar-refractivity contribution in [3.63, 3.8) is 0 Å². The highest BCUT2D eigenvalue weighted by Gasteiger charge is 2.15. The molecule has 0 saturated carbocycles. The molecule has 0 fully saturated rings. The zero-order chi connectivity index (χ0) is 17.5. The maximum atomic E-state index is 11.8. The first kappa shape index (κ1) is 19.3. The van der Waals surface area contributed by atoms with Crippen LogP contribution >= 0.6 is 0 Å². The van der Waals surface area contributed by atoms with Gasteiger partial charge in [-0.2, -0.15) is 0 Å². The Balaban J connectivity index is 2.60. The summed E-state index contributed by atoms with van der Waals surface area (Å²) in [6.07, 6.45) is -0.333. The van der Waals surface area contributed by atoms with Crippen LogP contribution < -0.4 is 20.1 Å². The number of nitrogens with two attached hydrogens (primary N) is 1. The molecule has 0 radical (unpaired) electrons. The van der Waals surface area contributed by atoms with Crippen molar-refractivity contribution in [1.82, 2.24) is 5.32 Å². The fourth-order valence-corrected chi connectivity index (χ4v) is 2.05. The lowest BCUT2D eigenvalue weighted by Crippen LogP contribution is -2.84. The number of rotatable bonds is 8. The van der Waals surface area contributed by atoms with Gasteiger partial charge in [0.1, 0.15) is 13.1 Å². The van der Waals surface area contributed by atoms with Gasteiger partial charge in [0.15, 0.2) is 18.1 Å². The number of aliphatic hydroxyl groups is 1. The van der Waals surface area contributed by atoms with Crippen LogP contribution in [0.3, 0.4) is 0 Å². The Kier molecular flexibility index (Phi) is 7.32. The Morgan fingerprint density at radius 2 is 2.04 bits per heavy atom. The van der Waals surface area contributed by atoms with Gasteiger partial charge in [-0.25, -0.2) is 0 Å². The van der Waals surface area contributed by atoms with Gasteiger partial charge in [0.25, 0.3) is 5.91 Å². The summed E-state index contributed by atoms with van der Waals surface area (Å²) in [5.74, 6) is 0.959. The van der Waals surface area contributed by atoms with Gasteiger partial charge in [-0.05, 0) is 45.9 Å². The third-order valence-electron chi connectivity index (χ3n) is 2.99. The van der Waals surface area contributed by atoms with Gasteiger partial charge in [0.05, 0.1) is 13.2 Å². The molecule has 0 aliphatic rings. The van der Waals surface area contributed by atoms with Gasteiger partial charge in [-0.15, -0.1) is 0 Å². The molecular formula is C17H29N2O4+. The second-order valence-electron chi connectivity index (χ2n) is 6.65. The second-order valence-corrected chi connectivity index (χ2v) is 6.65. The zero-order valence-corrected chi connectivity index (χ0v) is 14.7. The summed E-state index contributed by atoms with van der Waals surface area (Å²) in [6, 6.07) is 5.61. The zero-order valence-electron chi connectivity index (χ0n) is 14.7. The third-order valence-corrected chi connectivity index (χ3v) is 2.99. The van der Waals surface area contributed by atoms with E-state index in [0.29, 0.717) is 18.0 Å². The summed E-state index contributed by atoms with van der Waals surface area (Å²) in [5, 5.41) is 14.1. The SMILES string of the molecule is COc1cc(C[NH2+]C[C@H](C)O)ccc1OCC(=O)NC(C)(C)C. The van der Waals surface area contributed by atoms with Crippen molar-refractivity contribution in [3.05, 3.63) is 23.8 Å². The molecule has 0 bridgehead atoms. The molecule has 23 heavy (non-hydrogen) atoms. The highest BCUT2D eigenvalue weighted by molar-refractivity contribution is 5.78. The number of aliphatic hydroxyl groups excluding tert-OH is 1. The van der Waals surface area contributed by atoms with Crippen molar-refractivity contribution in [1.29, 1.82) is 0 Å². The van der Waals surface area contributed by atoms with Crippen LogP contribution in [0.1, 0.15) is 33.3 Å². The highest BCUT2D eigenvalue weighted by Crippen LogP contribution is 2.27. The number of hydrogen-bond acceptors (Lipinski definition) is 4. The maximum absolute atomic E-state index is 11.8. The molecule has 6 heteroatoms. The van der Waals surface area contributed by atoms with Crippen LogP contribution in [0.5, 0.6) is 11.5 Å². The Bertz CT molecular complexity index is 510. The maximum Gasteiger partial charge on any atom is 0.258 e. The smallest absolute Gasteiger partial charge is 0.258 e. The summed E-state index contributed by atoms with van der Waals surface area (Å²) in [6.45, 7) is 8.86. The van der Waals surface area contributed by atoms with E-state index in [1.54, 1.807) is 20.1 Å². The Morgan fingerprint density at radius 3 is 2.61 bits per heavy atom. The standard InChI is InChI=1S/C17H28N2O4/c1-12(20)9-18-10-13-6-7-14(15(8-13)22-5)23-11-16(21)19-17(2,3)4/h6-8,12,18,20H,9-11H2,1-5H3,(H,19,21)/p+1/t12-/m0/s1. The number of ether oxygens (including phenoxy) is 2. The van der Waals surface area contributed by atoms with Gasteiger partial charge in [0, 0.05) is 11.1 Å². The molecular weight excluding hydrogens is 296 g/mol. The van der Waals surface area contributed by atoms with Crippen LogP contribution in [-0.4, -0.2) is 42.9 Å². The predicted molar refractivity (Wildman–Crippen MR) is 88.6 cm³/mol. The monoisotopic (exact) mass is 325 g/mol. The Morgan fingerprint density at radius 1 is 1.35 bits per heavy atom. The molecule has 0 saturated heterocycles. The second kappa shape index (κ2) is 8.74. The fraction of sp³-hybridized carbons (Fsp3) is 0.588. The average molecular weight is 325 g/mol. The minimum atomic E-state index is -0.333. The van der Waals surface area contributed by atoms with E-state index in [4.69, 9.17) is 9.47 Å². The van der Waals surface area contributed by atoms with Crippen molar-refractivity contribution in [3.8, 4) is 11.5 Å². The number of hydrogen-bond donors (Lipinski definition) is 3. The third kappa shape index (κ3) is 7.85. The number of benzene rings is 1. The normalized spacial score (nSPS) is 12.6. The molecule has 4 N–H and O–H groups in total. The number of carbonyl (C=O) groups excluding carboxylic acids is 1. The van der Waals surface area contributed by atoms with Crippen molar-refractivity contribution in [2.24, 2.45) is 0 Å². The van der Waals surface area contributed by atoms with Crippen molar-refractivity contribution in [2.45, 2.75) is 45.9 Å². The molecule has 1 aromatic carbocycles. The van der Waals surface area contributed by atoms with Gasteiger partial charge in [0.2, 0.25) is 0 Å². The van der Waals surface area contributed by atoms with Gasteiger partial charge >= 0.3 is 0 Å². The summed E-state index contributed by atoms with van der Waals surface area (Å²) in [7, 11) is 1.57. The number of carbonyl (C=O) groups is 1. The average Bonchev–Trinajstić information content (AvgIpc) is 2.43. The lowest BCUT2D eigenvalue weighted by molar-refractivity contribution is -0.676. The minimum absolute atomic E-state index is 0.0544. The van der Waals surface area contributed by atoms with E-state index in [1.807, 2.05) is 38.2 Å². The predicted octanol–water partition coefficient (Wildman–Crippen LogP) is 0.433. The van der Waals surface area contributed by atoms with Crippen LogP contribution in [0, 0.1) is 0 Å². The molecule has 1 rings (SSSR count). The van der Waals surface area contributed by atoms with Crippen LogP contribution in [0.15, 0.2) is 18.2 Å². The van der Waals surface area contributed by atoms with E-state index in [1.165, 1.54) is 0 Å². The van der Waals surface area contributed by atoms with Gasteiger partial charge in [-0.1, -0.05) is 0 Å². The fourth-order valence-electron chi connectivity index (χ4n) is 2.05. The van der Waals surface area contributed by atoms with Gasteiger partial charge < -0.3 is 25.2 Å². The van der Waals surface area contributed by atoms with E-state index >= 15 is 0 Å². The van der Waals surface area contributed by atoms with Crippen LogP contribution in [0.4, 0.5) is 0 Å². The minimum Gasteiger partial charge on any atom is -0.493 e. The van der Waals surface area contributed by atoms with E-state index in [2.05, 4.69) is 5.32 Å². The van der Waals surface area contributed by atoms with Gasteiger partial charge in [-0.3, -0.25) is 4.79 Å². The molecule has 1 amide bonds. The quantitative estimate of drug-likeness (QED) is 0.647. The first-order valence-corrected chi connectivity index (χ1v) is 7.81. The molecule has 0 spiro atoms. The Labute approximate surface area is 138 Å². The van der Waals surface area contributed by atoms with Crippen LogP contribution in [0.2, 0.25) is 0 Å². The molecule has 6 nitrogen and oxygen atoms in total. The lowest BCUT2D eigenvalue weighted by atomic mass is 10.1. The van der Waals surface area contributed by atoms with E-state index in [-0.39, 0.29) is 24.2 Å². The topological polar surface area (TPSA) is 84.4 Å². The molecule has 0 aliphatic carbocycles. The van der Waals surface area contributed by atoms with E-state index in [9.17, 15) is 9.90 Å². The number of methoxy groups -OCH3 is 1. The largest absolute Gasteiger partial charge is 0.493 e. The summed E-state index contributed by atoms with van der Waals surface area (Å²) < 4.78 is 10.9. The lowest BCUT2D eigenvalue weighted by Gasteiger charge is -2.20. The molecule has 0 unspecified atom stereocenters. The molecule has 1 aromatic rings. The first-order valence-electron chi connectivity index (χ1n) is 7.81.